The highest BCUT2D eigenvalue weighted by Crippen LogP contribution is 2.33. The number of nitrogens with zero attached hydrogens (tertiary/aromatic N) is 2. The highest BCUT2D eigenvalue weighted by Gasteiger charge is 2.18. The number of carbonyl (C=O) groups excluding carboxylic acids is 1. The van der Waals surface area contributed by atoms with E-state index in [0.717, 1.165) is 29.4 Å². The lowest BCUT2D eigenvalue weighted by molar-refractivity contribution is 0.0959. The molecule has 1 saturated heterocycles. The van der Waals surface area contributed by atoms with Crippen LogP contribution in [0.25, 0.3) is 10.2 Å². The molecule has 152 valence electrons. The number of hydrogen-bond acceptors (Lipinski definition) is 5. The molecule has 29 heavy (non-hydrogen) atoms. The van der Waals surface area contributed by atoms with E-state index in [1.807, 2.05) is 6.07 Å². The Morgan fingerprint density at radius 3 is 2.76 bits per heavy atom. The van der Waals surface area contributed by atoms with E-state index >= 15 is 0 Å². The molecule has 1 aliphatic rings. The molecule has 0 bridgehead atoms. The second-order valence-corrected chi connectivity index (χ2v) is 9.03. The molecule has 0 atom stereocenters. The molecule has 8 heteroatoms. The van der Waals surface area contributed by atoms with Gasteiger partial charge in [0.2, 0.25) is 0 Å². The summed E-state index contributed by atoms with van der Waals surface area (Å²) in [5.41, 5.74) is 8.74. The number of rotatable bonds is 5. The van der Waals surface area contributed by atoms with Crippen LogP contribution in [-0.4, -0.2) is 30.5 Å². The van der Waals surface area contributed by atoms with Crippen molar-refractivity contribution in [2.75, 3.05) is 30.3 Å². The topological polar surface area (TPSA) is 71.2 Å². The Morgan fingerprint density at radius 1 is 1.21 bits per heavy atom. The third kappa shape index (κ3) is 4.44. The van der Waals surface area contributed by atoms with Crippen molar-refractivity contribution in [2.24, 2.45) is 0 Å². The minimum atomic E-state index is -0.197. The molecular formula is C21H22Cl2N4OS. The predicted octanol–water partition coefficient (Wildman–Crippen LogP) is 5.15. The summed E-state index contributed by atoms with van der Waals surface area (Å²) in [5, 5.41) is 4.92. The number of halogens is 2. The Labute approximate surface area is 183 Å². The van der Waals surface area contributed by atoms with E-state index in [9.17, 15) is 4.79 Å². The van der Waals surface area contributed by atoms with Gasteiger partial charge in [-0.3, -0.25) is 4.79 Å². The highest BCUT2D eigenvalue weighted by atomic mass is 35.5. The second-order valence-electron chi connectivity index (χ2n) is 7.19. The van der Waals surface area contributed by atoms with E-state index in [0.29, 0.717) is 38.8 Å². The molecule has 3 heterocycles. The largest absolute Gasteiger partial charge is 0.397 e. The van der Waals surface area contributed by atoms with Crippen LogP contribution in [0.1, 0.15) is 34.5 Å². The number of amides is 1. The Bertz CT molecular complexity index is 1050. The third-order valence-corrected chi connectivity index (χ3v) is 6.80. The van der Waals surface area contributed by atoms with Gasteiger partial charge in [-0.1, -0.05) is 29.3 Å². The number of anilines is 2. The number of pyridine rings is 1. The SMILES string of the molecule is Nc1c(C(=O)NCCc2ccc(N3CCCCC3)c(Cl)c2)sc2ncc(Cl)cc12. The van der Waals surface area contributed by atoms with Gasteiger partial charge in [-0.25, -0.2) is 4.98 Å². The van der Waals surface area contributed by atoms with Crippen molar-refractivity contribution in [3.05, 3.63) is 50.9 Å². The molecule has 1 aliphatic heterocycles. The summed E-state index contributed by atoms with van der Waals surface area (Å²) in [6, 6.07) is 7.90. The number of piperidine rings is 1. The van der Waals surface area contributed by atoms with Gasteiger partial charge in [0.15, 0.2) is 0 Å². The second kappa shape index (κ2) is 8.78. The molecule has 5 nitrogen and oxygen atoms in total. The molecule has 1 amide bonds. The summed E-state index contributed by atoms with van der Waals surface area (Å²) >= 11 is 13.8. The molecule has 0 unspecified atom stereocenters. The predicted molar refractivity (Wildman–Crippen MR) is 123 cm³/mol. The molecule has 0 saturated carbocycles. The van der Waals surface area contributed by atoms with Gasteiger partial charge in [0.1, 0.15) is 9.71 Å². The van der Waals surface area contributed by atoms with E-state index < -0.39 is 0 Å². The number of nitrogens with one attached hydrogen (secondary N) is 1. The smallest absolute Gasteiger partial charge is 0.263 e. The Morgan fingerprint density at radius 2 is 2.00 bits per heavy atom. The molecule has 0 radical (unpaired) electrons. The van der Waals surface area contributed by atoms with Crippen molar-refractivity contribution in [3.63, 3.8) is 0 Å². The molecule has 1 fully saturated rings. The van der Waals surface area contributed by atoms with Crippen molar-refractivity contribution < 1.29 is 4.79 Å². The standard InChI is InChI=1S/C21H22Cl2N4OS/c22-14-11-15-18(24)19(29-21(15)26-12-14)20(28)25-7-6-13-4-5-17(16(23)10-13)27-8-2-1-3-9-27/h4-5,10-12H,1-3,6-9,24H2,(H,25,28). The van der Waals surface area contributed by atoms with Gasteiger partial charge >= 0.3 is 0 Å². The summed E-state index contributed by atoms with van der Waals surface area (Å²) in [6.07, 6.45) is 5.97. The first kappa shape index (κ1) is 20.3. The minimum Gasteiger partial charge on any atom is -0.397 e. The number of thiophene rings is 1. The average molecular weight is 449 g/mol. The number of nitrogens with two attached hydrogens (primary N) is 1. The van der Waals surface area contributed by atoms with Crippen LogP contribution in [-0.2, 0) is 6.42 Å². The fourth-order valence-electron chi connectivity index (χ4n) is 3.64. The first-order valence-corrected chi connectivity index (χ1v) is 11.3. The van der Waals surface area contributed by atoms with E-state index in [1.54, 1.807) is 12.3 Å². The van der Waals surface area contributed by atoms with Crippen LogP contribution in [0.3, 0.4) is 0 Å². The molecule has 4 rings (SSSR count). The van der Waals surface area contributed by atoms with Crippen LogP contribution in [0.4, 0.5) is 11.4 Å². The lowest BCUT2D eigenvalue weighted by atomic mass is 10.1. The van der Waals surface area contributed by atoms with Crippen LogP contribution in [0.2, 0.25) is 10.0 Å². The Hall–Kier alpha value is -2.02. The van der Waals surface area contributed by atoms with Crippen molar-refractivity contribution in [2.45, 2.75) is 25.7 Å². The van der Waals surface area contributed by atoms with Gasteiger partial charge in [-0.2, -0.15) is 0 Å². The fraction of sp³-hybridized carbons (Fsp3) is 0.333. The molecule has 1 aromatic carbocycles. The fourth-order valence-corrected chi connectivity index (χ4v) is 5.08. The summed E-state index contributed by atoms with van der Waals surface area (Å²) < 4.78 is 0. The molecular weight excluding hydrogens is 427 g/mol. The number of aromatic nitrogens is 1. The van der Waals surface area contributed by atoms with Gasteiger partial charge in [-0.05, 0) is 49.4 Å². The number of benzene rings is 1. The van der Waals surface area contributed by atoms with Crippen LogP contribution in [0.5, 0.6) is 0 Å². The summed E-state index contributed by atoms with van der Waals surface area (Å²) in [6.45, 7) is 2.62. The Balaban J connectivity index is 1.38. The zero-order valence-electron chi connectivity index (χ0n) is 15.9. The van der Waals surface area contributed by atoms with E-state index in [4.69, 9.17) is 28.9 Å². The zero-order valence-corrected chi connectivity index (χ0v) is 18.2. The molecule has 3 aromatic rings. The maximum absolute atomic E-state index is 12.6. The number of nitrogen functional groups attached to an aromatic ring is 1. The number of carbonyl (C=O) groups is 1. The van der Waals surface area contributed by atoms with Gasteiger partial charge in [0.05, 0.1) is 21.4 Å². The van der Waals surface area contributed by atoms with E-state index in [2.05, 4.69) is 27.3 Å². The zero-order chi connectivity index (χ0) is 20.4. The van der Waals surface area contributed by atoms with E-state index in [1.165, 1.54) is 30.6 Å². The number of fused-ring (bicyclic) bond motifs is 1. The molecule has 3 N–H and O–H groups in total. The van der Waals surface area contributed by atoms with Crippen LogP contribution >= 0.6 is 34.5 Å². The molecule has 2 aromatic heterocycles. The monoisotopic (exact) mass is 448 g/mol. The summed E-state index contributed by atoms with van der Waals surface area (Å²) in [4.78, 5) is 20.3. The molecule has 0 spiro atoms. The normalized spacial score (nSPS) is 14.3. The van der Waals surface area contributed by atoms with Crippen molar-refractivity contribution >= 4 is 62.0 Å². The van der Waals surface area contributed by atoms with Gasteiger partial charge in [-0.15, -0.1) is 11.3 Å². The first-order chi connectivity index (χ1) is 14.0. The lowest BCUT2D eigenvalue weighted by Crippen LogP contribution is -2.29. The average Bonchev–Trinajstić information content (AvgIpc) is 3.05. The van der Waals surface area contributed by atoms with Gasteiger partial charge in [0, 0.05) is 31.2 Å². The minimum absolute atomic E-state index is 0.197. The van der Waals surface area contributed by atoms with Crippen molar-refractivity contribution in [3.8, 4) is 0 Å². The third-order valence-electron chi connectivity index (χ3n) is 5.17. The van der Waals surface area contributed by atoms with Crippen molar-refractivity contribution in [1.29, 1.82) is 0 Å². The maximum atomic E-state index is 12.6. The highest BCUT2D eigenvalue weighted by molar-refractivity contribution is 7.21. The van der Waals surface area contributed by atoms with Crippen LogP contribution < -0.4 is 16.0 Å². The summed E-state index contributed by atoms with van der Waals surface area (Å²) in [5.74, 6) is -0.197. The van der Waals surface area contributed by atoms with E-state index in [-0.39, 0.29) is 5.91 Å². The lowest BCUT2D eigenvalue weighted by Gasteiger charge is -2.29. The molecule has 0 aliphatic carbocycles. The maximum Gasteiger partial charge on any atom is 0.263 e. The number of hydrogen-bond donors (Lipinski definition) is 2. The van der Waals surface area contributed by atoms with Gasteiger partial charge in [0.25, 0.3) is 5.91 Å². The summed E-state index contributed by atoms with van der Waals surface area (Å²) in [7, 11) is 0. The Kier molecular flexibility index (Phi) is 6.13. The van der Waals surface area contributed by atoms with Gasteiger partial charge < -0.3 is 16.0 Å². The quantitative estimate of drug-likeness (QED) is 0.565. The first-order valence-electron chi connectivity index (χ1n) is 9.68. The van der Waals surface area contributed by atoms with Crippen LogP contribution in [0.15, 0.2) is 30.5 Å². The van der Waals surface area contributed by atoms with Crippen LogP contribution in [0, 0.1) is 0 Å². The van der Waals surface area contributed by atoms with Crippen molar-refractivity contribution in [1.82, 2.24) is 10.3 Å².